The second kappa shape index (κ2) is 10.6. The molecule has 0 fully saturated rings. The monoisotopic (exact) mass is 488 g/mol. The van der Waals surface area contributed by atoms with Gasteiger partial charge in [-0.15, -0.1) is 0 Å². The molecule has 33 heavy (non-hydrogen) atoms. The second-order valence-corrected chi connectivity index (χ2v) is 9.44. The number of carbonyl (C=O) groups excluding carboxylic acids is 1. The van der Waals surface area contributed by atoms with E-state index < -0.39 is 28.5 Å². The summed E-state index contributed by atoms with van der Waals surface area (Å²) < 4.78 is 38.4. The molecule has 1 atom stereocenters. The van der Waals surface area contributed by atoms with Crippen molar-refractivity contribution >= 4 is 33.2 Å². The molecular weight excluding hydrogens is 464 g/mol. The normalized spacial score (nSPS) is 12.0. The van der Waals surface area contributed by atoms with Gasteiger partial charge in [0, 0.05) is 5.56 Å². The Kier molecular flexibility index (Phi) is 7.84. The van der Waals surface area contributed by atoms with Crippen LogP contribution in [0, 0.1) is 0 Å². The van der Waals surface area contributed by atoms with Crippen LogP contribution < -0.4 is 19.1 Å². The molecule has 7 nitrogen and oxygen atoms in total. The van der Waals surface area contributed by atoms with Gasteiger partial charge >= 0.3 is 0 Å². The first-order chi connectivity index (χ1) is 15.8. The number of ether oxygens (including phenoxy) is 2. The van der Waals surface area contributed by atoms with Gasteiger partial charge in [0.05, 0.1) is 35.9 Å². The molecule has 0 aliphatic carbocycles. The van der Waals surface area contributed by atoms with Crippen molar-refractivity contribution in [3.05, 3.63) is 83.4 Å². The van der Waals surface area contributed by atoms with E-state index in [0.717, 1.165) is 9.87 Å². The van der Waals surface area contributed by atoms with Gasteiger partial charge < -0.3 is 14.8 Å². The van der Waals surface area contributed by atoms with E-state index in [0.29, 0.717) is 11.5 Å². The number of rotatable bonds is 9. The molecule has 0 bridgehead atoms. The zero-order chi connectivity index (χ0) is 24.0. The second-order valence-electron chi connectivity index (χ2n) is 7.17. The molecule has 1 unspecified atom stereocenters. The summed E-state index contributed by atoms with van der Waals surface area (Å²) in [6.45, 7) is 1.36. The summed E-state index contributed by atoms with van der Waals surface area (Å²) in [5, 5.41) is 3.08. The highest BCUT2D eigenvalue weighted by molar-refractivity contribution is 7.92. The van der Waals surface area contributed by atoms with Crippen molar-refractivity contribution in [2.45, 2.75) is 17.9 Å². The van der Waals surface area contributed by atoms with Gasteiger partial charge in [-0.25, -0.2) is 8.42 Å². The average Bonchev–Trinajstić information content (AvgIpc) is 2.82. The third kappa shape index (κ3) is 5.58. The van der Waals surface area contributed by atoms with Crippen LogP contribution in [0.1, 0.15) is 18.5 Å². The molecular formula is C24H25ClN2O5S. The fourth-order valence-electron chi connectivity index (χ4n) is 3.36. The number of nitrogens with one attached hydrogen (secondary N) is 1. The van der Waals surface area contributed by atoms with Crippen LogP contribution in [0.25, 0.3) is 0 Å². The Morgan fingerprint density at radius 1 is 0.970 bits per heavy atom. The van der Waals surface area contributed by atoms with Gasteiger partial charge in [-0.1, -0.05) is 48.0 Å². The van der Waals surface area contributed by atoms with E-state index in [4.69, 9.17) is 21.1 Å². The molecule has 3 aromatic rings. The summed E-state index contributed by atoms with van der Waals surface area (Å²) in [5.41, 5.74) is 1.02. The molecule has 0 aliphatic heterocycles. The van der Waals surface area contributed by atoms with Crippen LogP contribution in [-0.2, 0) is 14.8 Å². The van der Waals surface area contributed by atoms with Gasteiger partial charge in [0.15, 0.2) is 0 Å². The molecule has 1 amide bonds. The third-order valence-corrected chi connectivity index (χ3v) is 7.11. The third-order valence-electron chi connectivity index (χ3n) is 5.02. The number of anilines is 1. The van der Waals surface area contributed by atoms with Gasteiger partial charge in [-0.05, 0) is 43.3 Å². The van der Waals surface area contributed by atoms with E-state index in [9.17, 15) is 13.2 Å². The van der Waals surface area contributed by atoms with Crippen LogP contribution in [0.2, 0.25) is 5.02 Å². The fourth-order valence-corrected chi connectivity index (χ4v) is 5.05. The van der Waals surface area contributed by atoms with Crippen LogP contribution >= 0.6 is 11.6 Å². The maximum absolute atomic E-state index is 13.4. The number of hydrogen-bond donors (Lipinski definition) is 1. The van der Waals surface area contributed by atoms with Gasteiger partial charge in [-0.3, -0.25) is 9.10 Å². The number of nitrogens with zero attached hydrogens (tertiary/aromatic N) is 1. The lowest BCUT2D eigenvalue weighted by Gasteiger charge is -2.26. The van der Waals surface area contributed by atoms with Crippen molar-refractivity contribution in [1.29, 1.82) is 0 Å². The van der Waals surface area contributed by atoms with Crippen molar-refractivity contribution < 1.29 is 22.7 Å². The number of sulfonamides is 1. The molecule has 9 heteroatoms. The fraction of sp³-hybridized carbons (Fsp3) is 0.208. The van der Waals surface area contributed by atoms with E-state index in [-0.39, 0.29) is 15.6 Å². The molecule has 0 saturated carbocycles. The first-order valence-electron chi connectivity index (χ1n) is 10.1. The highest BCUT2D eigenvalue weighted by Gasteiger charge is 2.28. The summed E-state index contributed by atoms with van der Waals surface area (Å²) in [6, 6.07) is 19.4. The van der Waals surface area contributed by atoms with Crippen LogP contribution in [0.3, 0.4) is 0 Å². The highest BCUT2D eigenvalue weighted by atomic mass is 35.5. The smallest absolute Gasteiger partial charge is 0.264 e. The summed E-state index contributed by atoms with van der Waals surface area (Å²) in [5.74, 6) is 0.535. The minimum Gasteiger partial charge on any atom is -0.496 e. The Morgan fingerprint density at radius 3 is 2.24 bits per heavy atom. The molecule has 174 valence electrons. The van der Waals surface area contributed by atoms with Crippen molar-refractivity contribution in [3.8, 4) is 11.5 Å². The van der Waals surface area contributed by atoms with Crippen LogP contribution in [0.15, 0.2) is 77.7 Å². The molecule has 0 aromatic heterocycles. The van der Waals surface area contributed by atoms with Crippen LogP contribution in [-0.4, -0.2) is 35.1 Å². The number of hydrogen-bond acceptors (Lipinski definition) is 5. The summed E-state index contributed by atoms with van der Waals surface area (Å²) >= 11 is 6.24. The lowest BCUT2D eigenvalue weighted by Crippen LogP contribution is -2.41. The minimum atomic E-state index is -4.05. The molecule has 3 rings (SSSR count). The van der Waals surface area contributed by atoms with E-state index in [1.54, 1.807) is 50.4 Å². The molecule has 3 aromatic carbocycles. The lowest BCUT2D eigenvalue weighted by atomic mass is 10.1. The summed E-state index contributed by atoms with van der Waals surface area (Å²) in [6.07, 6.45) is 0. The van der Waals surface area contributed by atoms with Crippen molar-refractivity contribution in [3.63, 3.8) is 0 Å². The molecule has 0 saturated heterocycles. The molecule has 0 heterocycles. The zero-order valence-electron chi connectivity index (χ0n) is 18.5. The quantitative estimate of drug-likeness (QED) is 0.481. The maximum atomic E-state index is 13.4. The number of amides is 1. The van der Waals surface area contributed by atoms with Crippen molar-refractivity contribution in [2.75, 3.05) is 25.1 Å². The van der Waals surface area contributed by atoms with E-state index in [2.05, 4.69) is 5.32 Å². The minimum absolute atomic E-state index is 0.0579. The van der Waals surface area contributed by atoms with Crippen LogP contribution in [0.4, 0.5) is 5.69 Å². The molecule has 0 aliphatic rings. The first-order valence-corrected chi connectivity index (χ1v) is 11.9. The lowest BCUT2D eigenvalue weighted by molar-refractivity contribution is -0.120. The van der Waals surface area contributed by atoms with Gasteiger partial charge in [0.25, 0.3) is 10.0 Å². The Hall–Kier alpha value is -3.23. The van der Waals surface area contributed by atoms with E-state index >= 15 is 0 Å². The molecule has 0 radical (unpaired) electrons. The van der Waals surface area contributed by atoms with Crippen molar-refractivity contribution in [1.82, 2.24) is 5.32 Å². The number of halogens is 1. The topological polar surface area (TPSA) is 84.9 Å². The first kappa shape index (κ1) is 24.4. The SMILES string of the molecule is COc1ccc(N(CC(=O)NC(C)c2ccccc2OC)S(=O)(=O)c2ccccc2)cc1Cl. The van der Waals surface area contributed by atoms with Crippen LogP contribution in [0.5, 0.6) is 11.5 Å². The molecule has 1 N–H and O–H groups in total. The Morgan fingerprint density at radius 2 is 1.61 bits per heavy atom. The van der Waals surface area contributed by atoms with Crippen molar-refractivity contribution in [2.24, 2.45) is 0 Å². The number of benzene rings is 3. The standard InChI is InChI=1S/C24H25ClN2O5S/c1-17(20-11-7-8-12-22(20)31-2)26-24(28)16-27(18-13-14-23(32-3)21(25)15-18)33(29,30)19-9-5-4-6-10-19/h4-15,17H,16H2,1-3H3,(H,26,28). The largest absolute Gasteiger partial charge is 0.496 e. The number of para-hydroxylation sites is 1. The van der Waals surface area contributed by atoms with Gasteiger partial charge in [0.2, 0.25) is 5.91 Å². The highest BCUT2D eigenvalue weighted by Crippen LogP contribution is 2.32. The number of carbonyl (C=O) groups is 1. The summed E-state index contributed by atoms with van der Waals surface area (Å²) in [7, 11) is -1.04. The summed E-state index contributed by atoms with van der Waals surface area (Å²) in [4.78, 5) is 13.0. The Bertz CT molecular complexity index is 1220. The van der Waals surface area contributed by atoms with Gasteiger partial charge in [-0.2, -0.15) is 0 Å². The predicted molar refractivity (Wildman–Crippen MR) is 129 cm³/mol. The van der Waals surface area contributed by atoms with E-state index in [1.807, 2.05) is 18.2 Å². The number of methoxy groups -OCH3 is 2. The maximum Gasteiger partial charge on any atom is 0.264 e. The van der Waals surface area contributed by atoms with Gasteiger partial charge in [0.1, 0.15) is 18.0 Å². The zero-order valence-corrected chi connectivity index (χ0v) is 20.1. The van der Waals surface area contributed by atoms with E-state index in [1.165, 1.54) is 25.3 Å². The molecule has 0 spiro atoms. The predicted octanol–water partition coefficient (Wildman–Crippen LogP) is 4.43. The Labute approximate surface area is 198 Å². The Balaban J connectivity index is 1.93. The average molecular weight is 489 g/mol.